The Morgan fingerprint density at radius 2 is 2.04 bits per heavy atom. The van der Waals surface area contributed by atoms with Crippen LogP contribution in [0.5, 0.6) is 6.01 Å². The Kier molecular flexibility index (Phi) is 4.40. The maximum absolute atomic E-state index is 13.7. The van der Waals surface area contributed by atoms with Crippen LogP contribution in [0.1, 0.15) is 18.7 Å². The molecule has 1 aromatic carbocycles. The summed E-state index contributed by atoms with van der Waals surface area (Å²) in [7, 11) is 0. The fourth-order valence-electron chi connectivity index (χ4n) is 2.39. The summed E-state index contributed by atoms with van der Waals surface area (Å²) in [4.78, 5) is 18.4. The molecule has 1 atom stereocenters. The molecule has 0 saturated carbocycles. The number of aliphatic hydroxyl groups is 1. The molecule has 0 aliphatic heterocycles. The molecule has 0 amide bonds. The van der Waals surface area contributed by atoms with Gasteiger partial charge in [-0.05, 0) is 24.6 Å². The summed E-state index contributed by atoms with van der Waals surface area (Å²) < 4.78 is 46.4. The van der Waals surface area contributed by atoms with E-state index >= 15 is 0 Å². The van der Waals surface area contributed by atoms with Crippen molar-refractivity contribution in [3.63, 3.8) is 0 Å². The summed E-state index contributed by atoms with van der Waals surface area (Å²) in [5, 5.41) is 13.8. The molecule has 1 unspecified atom stereocenters. The molecule has 3 rings (SSSR count). The van der Waals surface area contributed by atoms with Crippen LogP contribution in [0.2, 0.25) is 0 Å². The number of aromatic amines is 1. The monoisotopic (exact) mass is 364 g/mol. The third-order valence-electron chi connectivity index (χ3n) is 3.46. The van der Waals surface area contributed by atoms with Gasteiger partial charge in [0, 0.05) is 0 Å². The van der Waals surface area contributed by atoms with Gasteiger partial charge >= 0.3 is 11.7 Å². The number of ether oxygens (including phenoxy) is 1. The van der Waals surface area contributed by atoms with Gasteiger partial charge in [-0.25, -0.2) is 18.0 Å². The minimum atomic E-state index is -1.65. The lowest BCUT2D eigenvalue weighted by atomic mass is 10.0. The molecule has 0 spiro atoms. The predicted molar refractivity (Wildman–Crippen MR) is 83.9 cm³/mol. The van der Waals surface area contributed by atoms with Crippen molar-refractivity contribution in [3.8, 4) is 29.5 Å². The third kappa shape index (κ3) is 2.89. The zero-order valence-corrected chi connectivity index (χ0v) is 13.3. The molecule has 26 heavy (non-hydrogen) atoms. The molecule has 134 valence electrons. The molecule has 0 aliphatic carbocycles. The summed E-state index contributed by atoms with van der Waals surface area (Å²) in [6, 6.07) is 1.18. The molecule has 0 bridgehead atoms. The van der Waals surface area contributed by atoms with Crippen molar-refractivity contribution >= 4 is 5.65 Å². The van der Waals surface area contributed by atoms with Crippen LogP contribution < -0.4 is 10.4 Å². The van der Waals surface area contributed by atoms with Crippen LogP contribution >= 0.6 is 0 Å². The highest BCUT2D eigenvalue weighted by atomic mass is 19.2. The first-order valence-corrected chi connectivity index (χ1v) is 7.25. The average Bonchev–Trinajstić information content (AvgIpc) is 2.97. The first kappa shape index (κ1) is 17.5. The summed E-state index contributed by atoms with van der Waals surface area (Å²) >= 11 is 0. The number of hydrogen-bond acceptors (Lipinski definition) is 5. The number of nitrogens with zero attached hydrogens (tertiary/aromatic N) is 3. The highest BCUT2D eigenvalue weighted by molar-refractivity contribution is 5.80. The number of aromatic nitrogens is 4. The van der Waals surface area contributed by atoms with Crippen LogP contribution in [0.25, 0.3) is 16.8 Å². The lowest BCUT2D eigenvalue weighted by Crippen LogP contribution is -2.20. The van der Waals surface area contributed by atoms with Gasteiger partial charge < -0.3 is 9.84 Å². The van der Waals surface area contributed by atoms with E-state index in [0.29, 0.717) is 12.1 Å². The summed E-state index contributed by atoms with van der Waals surface area (Å²) in [6.07, 6.45) is 3.86. The Bertz CT molecular complexity index is 1080. The zero-order chi connectivity index (χ0) is 19.0. The Labute approximate surface area is 144 Å². The van der Waals surface area contributed by atoms with E-state index in [1.54, 1.807) is 0 Å². The summed E-state index contributed by atoms with van der Waals surface area (Å²) in [5.41, 5.74) is -1.22. The van der Waals surface area contributed by atoms with E-state index in [1.165, 1.54) is 6.92 Å². The Hall–Kier alpha value is -3.32. The van der Waals surface area contributed by atoms with Crippen molar-refractivity contribution in [3.05, 3.63) is 45.8 Å². The van der Waals surface area contributed by atoms with Gasteiger partial charge in [-0.15, -0.1) is 6.42 Å². The fraction of sp³-hybridized carbons (Fsp3) is 0.188. The SMILES string of the molecule is C#CCOc1nc2c(-c3cc(F)c(F)c(F)c3)c(C(C)O)nn2c(=O)[nH]1. The molecule has 0 fully saturated rings. The summed E-state index contributed by atoms with van der Waals surface area (Å²) in [5.74, 6) is -2.34. The number of aliphatic hydroxyl groups excluding tert-OH is 1. The van der Waals surface area contributed by atoms with E-state index in [4.69, 9.17) is 11.2 Å². The topological polar surface area (TPSA) is 92.5 Å². The maximum atomic E-state index is 13.7. The highest BCUT2D eigenvalue weighted by Crippen LogP contribution is 2.32. The Balaban J connectivity index is 2.35. The van der Waals surface area contributed by atoms with Gasteiger partial charge in [0.25, 0.3) is 0 Å². The molecule has 3 aromatic rings. The van der Waals surface area contributed by atoms with E-state index in [0.717, 1.165) is 4.52 Å². The Morgan fingerprint density at radius 3 is 2.62 bits per heavy atom. The minimum Gasteiger partial charge on any atom is -0.451 e. The second-order valence-electron chi connectivity index (χ2n) is 5.27. The lowest BCUT2D eigenvalue weighted by molar-refractivity contribution is 0.194. The van der Waals surface area contributed by atoms with Gasteiger partial charge in [0.1, 0.15) is 5.69 Å². The van der Waals surface area contributed by atoms with Crippen molar-refractivity contribution in [2.45, 2.75) is 13.0 Å². The molecule has 0 saturated heterocycles. The smallest absolute Gasteiger partial charge is 0.352 e. The van der Waals surface area contributed by atoms with Gasteiger partial charge in [0.2, 0.25) is 0 Å². The molecular weight excluding hydrogens is 353 g/mol. The molecule has 2 aromatic heterocycles. The number of terminal acetylenes is 1. The molecule has 10 heteroatoms. The third-order valence-corrected chi connectivity index (χ3v) is 3.46. The fourth-order valence-corrected chi connectivity index (χ4v) is 2.39. The van der Waals surface area contributed by atoms with Gasteiger partial charge in [0.15, 0.2) is 29.7 Å². The number of nitrogens with one attached hydrogen (secondary N) is 1. The average molecular weight is 364 g/mol. The number of rotatable bonds is 4. The second kappa shape index (κ2) is 6.53. The second-order valence-corrected chi connectivity index (χ2v) is 5.27. The van der Waals surface area contributed by atoms with Crippen LogP contribution in [0.3, 0.4) is 0 Å². The van der Waals surface area contributed by atoms with E-state index in [9.17, 15) is 23.1 Å². The number of halogens is 3. The van der Waals surface area contributed by atoms with Gasteiger partial charge in [-0.3, -0.25) is 4.98 Å². The number of fused-ring (bicyclic) bond motifs is 1. The zero-order valence-electron chi connectivity index (χ0n) is 13.3. The van der Waals surface area contributed by atoms with Crippen LogP contribution in [-0.4, -0.2) is 31.3 Å². The van der Waals surface area contributed by atoms with Crippen LogP contribution in [0.4, 0.5) is 13.2 Å². The van der Waals surface area contributed by atoms with Crippen LogP contribution in [0.15, 0.2) is 16.9 Å². The first-order chi connectivity index (χ1) is 12.3. The van der Waals surface area contributed by atoms with Crippen LogP contribution in [-0.2, 0) is 0 Å². The van der Waals surface area contributed by atoms with Gasteiger partial charge in [-0.2, -0.15) is 14.6 Å². The first-order valence-electron chi connectivity index (χ1n) is 7.25. The predicted octanol–water partition coefficient (Wildman–Crippen LogP) is 1.57. The normalized spacial score (nSPS) is 12.2. The molecular formula is C16H11F3N4O3. The van der Waals surface area contributed by atoms with Crippen molar-refractivity contribution < 1.29 is 23.0 Å². The number of H-pyrrole nitrogens is 1. The molecule has 2 N–H and O–H groups in total. The van der Waals surface area contributed by atoms with Gasteiger partial charge in [0.05, 0.1) is 11.7 Å². The largest absolute Gasteiger partial charge is 0.451 e. The number of hydrogen-bond donors (Lipinski definition) is 2. The van der Waals surface area contributed by atoms with Crippen molar-refractivity contribution in [1.82, 2.24) is 19.6 Å². The maximum Gasteiger partial charge on any atom is 0.352 e. The number of benzene rings is 1. The highest BCUT2D eigenvalue weighted by Gasteiger charge is 2.24. The quantitative estimate of drug-likeness (QED) is 0.542. The van der Waals surface area contributed by atoms with E-state index in [2.05, 4.69) is 21.0 Å². The van der Waals surface area contributed by atoms with Gasteiger partial charge in [-0.1, -0.05) is 5.92 Å². The molecule has 2 heterocycles. The minimum absolute atomic E-state index is 0.0468. The van der Waals surface area contributed by atoms with Crippen LogP contribution in [0, 0.1) is 29.8 Å². The van der Waals surface area contributed by atoms with E-state index in [-0.39, 0.29) is 35.1 Å². The van der Waals surface area contributed by atoms with Crippen molar-refractivity contribution in [1.29, 1.82) is 0 Å². The van der Waals surface area contributed by atoms with Crippen molar-refractivity contribution in [2.75, 3.05) is 6.61 Å². The molecule has 7 nitrogen and oxygen atoms in total. The Morgan fingerprint density at radius 1 is 1.38 bits per heavy atom. The van der Waals surface area contributed by atoms with Crippen molar-refractivity contribution in [2.24, 2.45) is 0 Å². The lowest BCUT2D eigenvalue weighted by Gasteiger charge is -2.07. The van der Waals surface area contributed by atoms with E-state index in [1.807, 2.05) is 0 Å². The summed E-state index contributed by atoms with van der Waals surface area (Å²) in [6.45, 7) is 1.15. The standard InChI is InChI=1S/C16H11F3N4O3/c1-3-4-26-15-20-14-11(8-5-9(17)12(19)10(18)6-8)13(7(2)24)22-23(14)16(25)21-15/h1,5-7,24H,4H2,2H3,(H,20,21,25). The molecule has 0 aliphatic rings. The molecule has 0 radical (unpaired) electrons. The van der Waals surface area contributed by atoms with E-state index < -0.39 is 29.2 Å².